The molecule has 0 heterocycles. The first kappa shape index (κ1) is 14.0. The average Bonchev–Trinajstić information content (AvgIpc) is 3.09. The lowest BCUT2D eigenvalue weighted by Gasteiger charge is -2.20. The Morgan fingerprint density at radius 3 is 2.58 bits per heavy atom. The molecule has 1 aromatic carbocycles. The van der Waals surface area contributed by atoms with Crippen LogP contribution in [-0.2, 0) is 4.79 Å². The predicted octanol–water partition coefficient (Wildman–Crippen LogP) is 2.53. The minimum atomic E-state index is -1.07. The van der Waals surface area contributed by atoms with Gasteiger partial charge in [0.25, 0.3) is 5.91 Å². The van der Waals surface area contributed by atoms with Crippen molar-refractivity contribution in [3.8, 4) is 0 Å². The zero-order valence-electron chi connectivity index (χ0n) is 10.1. The van der Waals surface area contributed by atoms with E-state index >= 15 is 0 Å². The van der Waals surface area contributed by atoms with Crippen LogP contribution in [0.2, 0.25) is 0 Å². The fourth-order valence-electron chi connectivity index (χ4n) is 1.85. The summed E-state index contributed by atoms with van der Waals surface area (Å²) in [6.45, 7) is 0.0583. The van der Waals surface area contributed by atoms with Gasteiger partial charge in [-0.15, -0.1) is 0 Å². The average molecular weight is 330 g/mol. The summed E-state index contributed by atoms with van der Waals surface area (Å²) in [5, 5.41) is 8.84. The summed E-state index contributed by atoms with van der Waals surface area (Å²) in [6.07, 6.45) is 2.02. The van der Waals surface area contributed by atoms with E-state index in [2.05, 4.69) is 15.9 Å². The predicted molar refractivity (Wildman–Crippen MR) is 70.4 cm³/mol. The molecule has 0 aromatic heterocycles. The van der Waals surface area contributed by atoms with Crippen LogP contribution >= 0.6 is 15.9 Å². The van der Waals surface area contributed by atoms with Crippen LogP contribution in [0.4, 0.5) is 4.39 Å². The molecule has 4 nitrogen and oxygen atoms in total. The summed E-state index contributed by atoms with van der Waals surface area (Å²) >= 11 is 3.12. The summed E-state index contributed by atoms with van der Waals surface area (Å²) in [4.78, 5) is 24.3. The number of carbonyl (C=O) groups excluding carboxylic acids is 1. The summed E-state index contributed by atoms with van der Waals surface area (Å²) in [5.41, 5.74) is 0.161. The molecule has 0 unspecified atom stereocenters. The number of rotatable bonds is 5. The summed E-state index contributed by atoms with van der Waals surface area (Å²) in [6, 6.07) is 3.86. The number of carbonyl (C=O) groups is 2. The minimum Gasteiger partial charge on any atom is -0.480 e. The van der Waals surface area contributed by atoms with Crippen LogP contribution in [0.5, 0.6) is 0 Å². The Labute approximate surface area is 118 Å². The van der Waals surface area contributed by atoms with Crippen LogP contribution < -0.4 is 0 Å². The van der Waals surface area contributed by atoms with Crippen molar-refractivity contribution in [1.82, 2.24) is 4.90 Å². The molecule has 1 aliphatic carbocycles. The zero-order chi connectivity index (χ0) is 14.0. The molecule has 0 atom stereocenters. The highest BCUT2D eigenvalue weighted by Gasteiger charge is 2.28. The second-order valence-electron chi connectivity index (χ2n) is 4.68. The van der Waals surface area contributed by atoms with Crippen LogP contribution in [0, 0.1) is 11.7 Å². The van der Waals surface area contributed by atoms with Crippen LogP contribution in [0.1, 0.15) is 23.2 Å². The first-order chi connectivity index (χ1) is 8.95. The summed E-state index contributed by atoms with van der Waals surface area (Å²) < 4.78 is 13.7. The molecular weight excluding hydrogens is 317 g/mol. The third kappa shape index (κ3) is 4.02. The third-order valence-electron chi connectivity index (χ3n) is 2.90. The van der Waals surface area contributed by atoms with E-state index < -0.39 is 17.7 Å². The van der Waals surface area contributed by atoms with Crippen LogP contribution in [0.3, 0.4) is 0 Å². The molecule has 6 heteroatoms. The first-order valence-corrected chi connectivity index (χ1v) is 6.72. The number of aliphatic carboxylic acids is 1. The molecule has 0 bridgehead atoms. The molecule has 2 rings (SSSR count). The number of hydrogen-bond acceptors (Lipinski definition) is 2. The second kappa shape index (κ2) is 5.69. The molecule has 0 saturated heterocycles. The van der Waals surface area contributed by atoms with Crippen molar-refractivity contribution in [1.29, 1.82) is 0 Å². The van der Waals surface area contributed by atoms with Gasteiger partial charge in [0, 0.05) is 16.6 Å². The van der Waals surface area contributed by atoms with Crippen molar-refractivity contribution in [3.63, 3.8) is 0 Å². The normalized spacial score (nSPS) is 14.2. The molecule has 0 aliphatic heterocycles. The van der Waals surface area contributed by atoms with Gasteiger partial charge in [-0.2, -0.15) is 0 Å². The van der Waals surface area contributed by atoms with E-state index in [0.717, 1.165) is 18.9 Å². The number of carboxylic acids is 1. The SMILES string of the molecule is O=C(O)CN(CC1CC1)C(=O)c1cc(F)cc(Br)c1. The molecule has 1 fully saturated rings. The van der Waals surface area contributed by atoms with Gasteiger partial charge in [-0.1, -0.05) is 15.9 Å². The van der Waals surface area contributed by atoms with E-state index in [9.17, 15) is 14.0 Å². The number of hydrogen-bond donors (Lipinski definition) is 1. The minimum absolute atomic E-state index is 0.161. The summed E-state index contributed by atoms with van der Waals surface area (Å²) in [7, 11) is 0. The second-order valence-corrected chi connectivity index (χ2v) is 5.60. The van der Waals surface area contributed by atoms with Crippen molar-refractivity contribution >= 4 is 27.8 Å². The summed E-state index contributed by atoms with van der Waals surface area (Å²) in [5.74, 6) is -1.67. The third-order valence-corrected chi connectivity index (χ3v) is 3.36. The molecule has 0 radical (unpaired) electrons. The molecule has 0 spiro atoms. The van der Waals surface area contributed by atoms with E-state index in [-0.39, 0.29) is 12.1 Å². The topological polar surface area (TPSA) is 57.6 Å². The molecule has 1 amide bonds. The molecule has 1 aromatic rings. The van der Waals surface area contributed by atoms with E-state index in [1.165, 1.54) is 17.0 Å². The van der Waals surface area contributed by atoms with Gasteiger partial charge in [-0.3, -0.25) is 9.59 Å². The van der Waals surface area contributed by atoms with Gasteiger partial charge < -0.3 is 10.0 Å². The highest BCUT2D eigenvalue weighted by molar-refractivity contribution is 9.10. The number of nitrogens with zero attached hydrogens (tertiary/aromatic N) is 1. The van der Waals surface area contributed by atoms with E-state index in [1.807, 2.05) is 0 Å². The highest BCUT2D eigenvalue weighted by Crippen LogP contribution is 2.30. The molecule has 1 N–H and O–H groups in total. The van der Waals surface area contributed by atoms with Gasteiger partial charge in [0.2, 0.25) is 0 Å². The van der Waals surface area contributed by atoms with Crippen LogP contribution in [0.25, 0.3) is 0 Å². The maximum absolute atomic E-state index is 13.3. The van der Waals surface area contributed by atoms with Crippen LogP contribution in [0.15, 0.2) is 22.7 Å². The molecule has 19 heavy (non-hydrogen) atoms. The first-order valence-electron chi connectivity index (χ1n) is 5.93. The Morgan fingerprint density at radius 2 is 2.05 bits per heavy atom. The van der Waals surface area contributed by atoms with Gasteiger partial charge in [-0.25, -0.2) is 4.39 Å². The van der Waals surface area contributed by atoms with E-state index in [4.69, 9.17) is 5.11 Å². The van der Waals surface area contributed by atoms with Gasteiger partial charge in [0.15, 0.2) is 0 Å². The number of benzene rings is 1. The Hall–Kier alpha value is -1.43. The van der Waals surface area contributed by atoms with Crippen molar-refractivity contribution in [3.05, 3.63) is 34.1 Å². The maximum atomic E-state index is 13.3. The Bertz CT molecular complexity index is 496. The van der Waals surface area contributed by atoms with Crippen molar-refractivity contribution in [2.45, 2.75) is 12.8 Å². The lowest BCUT2D eigenvalue weighted by Crippen LogP contribution is -2.37. The quantitative estimate of drug-likeness (QED) is 0.903. The van der Waals surface area contributed by atoms with Gasteiger partial charge in [0.1, 0.15) is 12.4 Å². The van der Waals surface area contributed by atoms with Gasteiger partial charge >= 0.3 is 5.97 Å². The molecular formula is C13H13BrFNO3. The fraction of sp³-hybridized carbons (Fsp3) is 0.385. The molecule has 102 valence electrons. The Kier molecular flexibility index (Phi) is 4.19. The highest BCUT2D eigenvalue weighted by atomic mass is 79.9. The Balaban J connectivity index is 2.18. The lowest BCUT2D eigenvalue weighted by molar-refractivity contribution is -0.137. The fourth-order valence-corrected chi connectivity index (χ4v) is 2.32. The largest absolute Gasteiger partial charge is 0.480 e. The van der Waals surface area contributed by atoms with Gasteiger partial charge in [0.05, 0.1) is 0 Å². The lowest BCUT2D eigenvalue weighted by atomic mass is 10.2. The van der Waals surface area contributed by atoms with Crippen molar-refractivity contribution in [2.24, 2.45) is 5.92 Å². The van der Waals surface area contributed by atoms with Crippen molar-refractivity contribution in [2.75, 3.05) is 13.1 Å². The number of carboxylic acid groups (broad SMARTS) is 1. The number of halogens is 2. The molecule has 1 saturated carbocycles. The zero-order valence-corrected chi connectivity index (χ0v) is 11.7. The number of amides is 1. The maximum Gasteiger partial charge on any atom is 0.323 e. The molecule has 1 aliphatic rings. The van der Waals surface area contributed by atoms with E-state index in [1.54, 1.807) is 0 Å². The Morgan fingerprint density at radius 1 is 1.37 bits per heavy atom. The monoisotopic (exact) mass is 329 g/mol. The van der Waals surface area contributed by atoms with Crippen LogP contribution in [-0.4, -0.2) is 35.0 Å². The van der Waals surface area contributed by atoms with Crippen molar-refractivity contribution < 1.29 is 19.1 Å². The van der Waals surface area contributed by atoms with Gasteiger partial charge in [-0.05, 0) is 37.0 Å². The smallest absolute Gasteiger partial charge is 0.323 e. The standard InChI is InChI=1S/C13H13BrFNO3/c14-10-3-9(4-11(15)5-10)13(19)16(7-12(17)18)6-8-1-2-8/h3-5,8H,1-2,6-7H2,(H,17,18). The van der Waals surface area contributed by atoms with E-state index in [0.29, 0.717) is 16.9 Å².